The van der Waals surface area contributed by atoms with E-state index in [4.69, 9.17) is 5.73 Å². The molecule has 5 nitrogen and oxygen atoms in total. The first-order chi connectivity index (χ1) is 5.49. The Bertz CT molecular complexity index is 179. The van der Waals surface area contributed by atoms with E-state index >= 15 is 0 Å². The average molecular weight is 173 g/mol. The number of likely N-dealkylation sites (N-methyl/N-ethyl adjacent to an activating group) is 2. The van der Waals surface area contributed by atoms with Gasteiger partial charge in [0.05, 0.1) is 13.1 Å². The number of rotatable bonds is 3. The van der Waals surface area contributed by atoms with Crippen LogP contribution in [-0.4, -0.2) is 55.8 Å². The molecule has 0 radical (unpaired) electrons. The lowest BCUT2D eigenvalue weighted by atomic mass is 10.4. The van der Waals surface area contributed by atoms with Crippen molar-refractivity contribution in [3.63, 3.8) is 0 Å². The average Bonchev–Trinajstić information content (AvgIpc) is 2.02. The van der Waals surface area contributed by atoms with Gasteiger partial charge in [-0.2, -0.15) is 0 Å². The van der Waals surface area contributed by atoms with Crippen LogP contribution in [0.4, 0.5) is 0 Å². The number of carbonyl (C=O) groups is 2. The predicted octanol–water partition coefficient (Wildman–Crippen LogP) is -1.51. The van der Waals surface area contributed by atoms with Gasteiger partial charge in [-0.15, -0.1) is 0 Å². The zero-order chi connectivity index (χ0) is 9.72. The van der Waals surface area contributed by atoms with E-state index in [0.717, 1.165) is 0 Å². The first-order valence-corrected chi connectivity index (χ1v) is 3.63. The van der Waals surface area contributed by atoms with Crippen molar-refractivity contribution in [3.05, 3.63) is 0 Å². The van der Waals surface area contributed by atoms with E-state index in [1.807, 2.05) is 0 Å². The summed E-state index contributed by atoms with van der Waals surface area (Å²) in [5, 5.41) is 0. The van der Waals surface area contributed by atoms with Crippen molar-refractivity contribution in [2.45, 2.75) is 0 Å². The highest BCUT2D eigenvalue weighted by atomic mass is 16.2. The third-order valence-corrected chi connectivity index (χ3v) is 1.47. The van der Waals surface area contributed by atoms with Gasteiger partial charge in [-0.25, -0.2) is 0 Å². The zero-order valence-electron chi connectivity index (χ0n) is 7.70. The predicted molar refractivity (Wildman–Crippen MR) is 45.4 cm³/mol. The fraction of sp³-hybridized carbons (Fsp3) is 0.714. The zero-order valence-corrected chi connectivity index (χ0v) is 7.70. The smallest absolute Gasteiger partial charge is 0.241 e. The molecule has 0 aliphatic heterocycles. The summed E-state index contributed by atoms with van der Waals surface area (Å²) >= 11 is 0. The van der Waals surface area contributed by atoms with Crippen LogP contribution >= 0.6 is 0 Å². The summed E-state index contributed by atoms with van der Waals surface area (Å²) in [5.41, 5.74) is 5.11. The Morgan fingerprint density at radius 3 is 2.00 bits per heavy atom. The van der Waals surface area contributed by atoms with E-state index in [0.29, 0.717) is 0 Å². The van der Waals surface area contributed by atoms with E-state index in [1.54, 1.807) is 21.1 Å². The van der Waals surface area contributed by atoms with Crippen LogP contribution in [0.3, 0.4) is 0 Å². The molecule has 2 N–H and O–H groups in total. The van der Waals surface area contributed by atoms with Gasteiger partial charge in [0.1, 0.15) is 0 Å². The lowest BCUT2D eigenvalue weighted by Crippen LogP contribution is -2.40. The number of hydrogen-bond acceptors (Lipinski definition) is 3. The van der Waals surface area contributed by atoms with Crippen molar-refractivity contribution >= 4 is 11.8 Å². The summed E-state index contributed by atoms with van der Waals surface area (Å²) < 4.78 is 0. The molecule has 5 heteroatoms. The molecule has 0 rings (SSSR count). The van der Waals surface area contributed by atoms with Crippen LogP contribution in [0.2, 0.25) is 0 Å². The van der Waals surface area contributed by atoms with Crippen LogP contribution in [0.1, 0.15) is 0 Å². The Kier molecular flexibility index (Phi) is 4.28. The van der Waals surface area contributed by atoms with Crippen molar-refractivity contribution < 1.29 is 9.59 Å². The van der Waals surface area contributed by atoms with Gasteiger partial charge < -0.3 is 15.5 Å². The summed E-state index contributed by atoms with van der Waals surface area (Å²) in [6.45, 7) is 0.0280. The molecule has 0 aromatic heterocycles. The topological polar surface area (TPSA) is 66.6 Å². The van der Waals surface area contributed by atoms with Gasteiger partial charge in [-0.05, 0) is 0 Å². The monoisotopic (exact) mass is 173 g/mol. The number of carbonyl (C=O) groups excluding carboxylic acids is 2. The quantitative estimate of drug-likeness (QED) is 0.564. The van der Waals surface area contributed by atoms with E-state index in [2.05, 4.69) is 0 Å². The first kappa shape index (κ1) is 10.9. The Hall–Kier alpha value is -1.10. The Labute approximate surface area is 72.1 Å². The lowest BCUT2D eigenvalue weighted by Gasteiger charge is -2.18. The van der Waals surface area contributed by atoms with Gasteiger partial charge in [-0.1, -0.05) is 0 Å². The molecule has 70 valence electrons. The van der Waals surface area contributed by atoms with Gasteiger partial charge in [-0.3, -0.25) is 9.59 Å². The first-order valence-electron chi connectivity index (χ1n) is 3.63. The van der Waals surface area contributed by atoms with Crippen molar-refractivity contribution in [1.29, 1.82) is 0 Å². The van der Waals surface area contributed by atoms with Crippen molar-refractivity contribution in [2.24, 2.45) is 5.73 Å². The Morgan fingerprint density at radius 1 is 1.17 bits per heavy atom. The number of amides is 2. The molecule has 0 unspecified atom stereocenters. The maximum Gasteiger partial charge on any atom is 0.241 e. The molecule has 0 saturated heterocycles. The highest BCUT2D eigenvalue weighted by Gasteiger charge is 2.11. The molecular weight excluding hydrogens is 158 g/mol. The highest BCUT2D eigenvalue weighted by Crippen LogP contribution is 1.86. The summed E-state index contributed by atoms with van der Waals surface area (Å²) in [5.74, 6) is -0.343. The number of nitrogens with two attached hydrogens (primary N) is 1. The summed E-state index contributed by atoms with van der Waals surface area (Å²) in [6.07, 6.45) is 0. The van der Waals surface area contributed by atoms with Crippen LogP contribution in [0.5, 0.6) is 0 Å². The normalized spacial score (nSPS) is 9.33. The summed E-state index contributed by atoms with van der Waals surface area (Å²) in [6, 6.07) is 0. The molecule has 12 heavy (non-hydrogen) atoms. The molecule has 2 amide bonds. The Balaban J connectivity index is 3.92. The lowest BCUT2D eigenvalue weighted by molar-refractivity contribution is -0.137. The molecule has 0 aliphatic carbocycles. The van der Waals surface area contributed by atoms with Crippen LogP contribution in [0.25, 0.3) is 0 Å². The van der Waals surface area contributed by atoms with E-state index in [-0.39, 0.29) is 24.9 Å². The van der Waals surface area contributed by atoms with Gasteiger partial charge >= 0.3 is 0 Å². The second-order valence-corrected chi connectivity index (χ2v) is 2.74. The minimum absolute atomic E-state index is 0.0583. The van der Waals surface area contributed by atoms with Gasteiger partial charge in [0.25, 0.3) is 0 Å². The molecule has 0 saturated carbocycles. The van der Waals surface area contributed by atoms with E-state index in [1.165, 1.54) is 9.80 Å². The largest absolute Gasteiger partial charge is 0.347 e. The maximum absolute atomic E-state index is 11.1. The molecule has 0 fully saturated rings. The molecule has 0 heterocycles. The minimum atomic E-state index is -0.231. The molecular formula is C7H15N3O2. The fourth-order valence-corrected chi connectivity index (χ4v) is 0.588. The van der Waals surface area contributed by atoms with Crippen LogP contribution in [0, 0.1) is 0 Å². The molecule has 0 aliphatic rings. The SMILES string of the molecule is CN(C)C(=O)CN(C)C(=O)CN. The van der Waals surface area contributed by atoms with Gasteiger partial charge in [0, 0.05) is 21.1 Å². The third-order valence-electron chi connectivity index (χ3n) is 1.47. The maximum atomic E-state index is 11.1. The van der Waals surface area contributed by atoms with Crippen molar-refractivity contribution in [1.82, 2.24) is 9.80 Å². The number of hydrogen-bond donors (Lipinski definition) is 1. The third kappa shape index (κ3) is 3.34. The van der Waals surface area contributed by atoms with Crippen molar-refractivity contribution in [3.8, 4) is 0 Å². The highest BCUT2D eigenvalue weighted by molar-refractivity contribution is 5.85. The number of nitrogens with zero attached hydrogens (tertiary/aromatic N) is 2. The van der Waals surface area contributed by atoms with Crippen LogP contribution in [0.15, 0.2) is 0 Å². The molecule has 0 atom stereocenters. The van der Waals surface area contributed by atoms with Gasteiger partial charge in [0.15, 0.2) is 0 Å². The fourth-order valence-electron chi connectivity index (χ4n) is 0.588. The standard InChI is InChI=1S/C7H15N3O2/c1-9(2)7(12)5-10(3)6(11)4-8/h4-5,8H2,1-3H3. The van der Waals surface area contributed by atoms with Crippen LogP contribution in [-0.2, 0) is 9.59 Å². The van der Waals surface area contributed by atoms with Crippen molar-refractivity contribution in [2.75, 3.05) is 34.2 Å². The minimum Gasteiger partial charge on any atom is -0.347 e. The second kappa shape index (κ2) is 4.71. The van der Waals surface area contributed by atoms with Crippen LogP contribution < -0.4 is 5.73 Å². The Morgan fingerprint density at radius 2 is 1.67 bits per heavy atom. The van der Waals surface area contributed by atoms with E-state index in [9.17, 15) is 9.59 Å². The summed E-state index contributed by atoms with van der Waals surface area (Å²) in [7, 11) is 4.84. The molecule has 0 aromatic carbocycles. The van der Waals surface area contributed by atoms with Gasteiger partial charge in [0.2, 0.25) is 11.8 Å². The van der Waals surface area contributed by atoms with E-state index < -0.39 is 0 Å². The molecule has 0 bridgehead atoms. The molecule has 0 aromatic rings. The molecule has 0 spiro atoms. The summed E-state index contributed by atoms with van der Waals surface area (Å²) in [4.78, 5) is 24.7. The second-order valence-electron chi connectivity index (χ2n) is 2.74.